The van der Waals surface area contributed by atoms with E-state index >= 15 is 0 Å². The van der Waals surface area contributed by atoms with Gasteiger partial charge in [-0.25, -0.2) is 0 Å². The van der Waals surface area contributed by atoms with E-state index in [1.54, 1.807) is 30.3 Å². The van der Waals surface area contributed by atoms with Gasteiger partial charge in [0.1, 0.15) is 23.3 Å². The van der Waals surface area contributed by atoms with Crippen molar-refractivity contribution < 1.29 is 23.8 Å². The molecule has 7 nitrogen and oxygen atoms in total. The third kappa shape index (κ3) is 3.70. The summed E-state index contributed by atoms with van der Waals surface area (Å²) in [4.78, 5) is 30.9. The number of methoxy groups -OCH3 is 1. The molecule has 1 fully saturated rings. The Morgan fingerprint density at radius 1 is 1.18 bits per heavy atom. The second kappa shape index (κ2) is 8.87. The van der Waals surface area contributed by atoms with Crippen molar-refractivity contribution in [3.05, 3.63) is 94.0 Å². The molecule has 2 N–H and O–H groups in total. The fourth-order valence-corrected chi connectivity index (χ4v) is 4.94. The van der Waals surface area contributed by atoms with Gasteiger partial charge in [0.15, 0.2) is 0 Å². The van der Waals surface area contributed by atoms with Gasteiger partial charge in [0.2, 0.25) is 0 Å². The van der Waals surface area contributed by atoms with Crippen molar-refractivity contribution in [1.29, 1.82) is 0 Å². The Balaban J connectivity index is 1.54. The number of H-pyrrole nitrogens is 1. The lowest BCUT2D eigenvalue weighted by Crippen LogP contribution is -2.31. The highest BCUT2D eigenvalue weighted by atomic mass is 79.9. The minimum absolute atomic E-state index is 0.00376. The number of ether oxygens (including phenoxy) is 1. The van der Waals surface area contributed by atoms with Gasteiger partial charge < -0.3 is 24.1 Å². The van der Waals surface area contributed by atoms with E-state index in [0.717, 1.165) is 16.5 Å². The summed E-state index contributed by atoms with van der Waals surface area (Å²) in [5.41, 5.74) is 2.43. The second-order valence-corrected chi connectivity index (χ2v) is 8.82. The summed E-state index contributed by atoms with van der Waals surface area (Å²) in [6, 6.07) is 15.4. The molecule has 2 aromatic heterocycles. The third-order valence-electron chi connectivity index (χ3n) is 6.07. The Morgan fingerprint density at radius 3 is 2.74 bits per heavy atom. The zero-order chi connectivity index (χ0) is 23.8. The van der Waals surface area contributed by atoms with Gasteiger partial charge in [-0.2, -0.15) is 0 Å². The molecule has 3 heterocycles. The number of Topliss-reactive ketones (excluding diaryl/α,β-unsaturated/α-hetero) is 1. The van der Waals surface area contributed by atoms with Crippen molar-refractivity contribution in [1.82, 2.24) is 9.88 Å². The van der Waals surface area contributed by atoms with Crippen molar-refractivity contribution in [3.8, 4) is 5.75 Å². The standard InChI is InChI=1S/C26H21BrN2O5/c1-33-20-9-8-15(13-18(20)27)24(30)22-23(21-7-4-12-34-21)29(26(32)25(22)31)11-10-16-14-28-19-6-3-2-5-17(16)19/h2-9,12-14,23,28,30H,10-11H2,1H3/b24-22-. The molecule has 4 aromatic rings. The molecular weight excluding hydrogens is 500 g/mol. The van der Waals surface area contributed by atoms with E-state index in [2.05, 4.69) is 20.9 Å². The number of aromatic amines is 1. The highest BCUT2D eigenvalue weighted by molar-refractivity contribution is 9.10. The average Bonchev–Trinajstić information content (AvgIpc) is 3.57. The van der Waals surface area contributed by atoms with Gasteiger partial charge >= 0.3 is 0 Å². The Kier molecular flexibility index (Phi) is 5.75. The number of nitrogens with one attached hydrogen (secondary N) is 1. The average molecular weight is 521 g/mol. The number of nitrogens with zero attached hydrogens (tertiary/aromatic N) is 1. The van der Waals surface area contributed by atoms with E-state index in [0.29, 0.717) is 28.0 Å². The first-order valence-electron chi connectivity index (χ1n) is 10.7. The molecule has 34 heavy (non-hydrogen) atoms. The van der Waals surface area contributed by atoms with Crippen LogP contribution in [0.2, 0.25) is 0 Å². The molecule has 2 aromatic carbocycles. The first-order valence-corrected chi connectivity index (χ1v) is 11.5. The highest BCUT2D eigenvalue weighted by Crippen LogP contribution is 2.40. The van der Waals surface area contributed by atoms with Crippen molar-refractivity contribution >= 4 is 44.3 Å². The number of carbonyl (C=O) groups excluding carboxylic acids is 2. The SMILES string of the molecule is COc1ccc(/C(O)=C2/C(=O)C(=O)N(CCc3c[nH]c4ccccc34)C2c2ccco2)cc1Br. The smallest absolute Gasteiger partial charge is 0.295 e. The second-order valence-electron chi connectivity index (χ2n) is 7.97. The van der Waals surface area contributed by atoms with Crippen molar-refractivity contribution in [2.45, 2.75) is 12.5 Å². The van der Waals surface area contributed by atoms with Crippen LogP contribution in [0.5, 0.6) is 5.75 Å². The molecular formula is C26H21BrN2O5. The maximum Gasteiger partial charge on any atom is 0.295 e. The minimum atomic E-state index is -0.832. The maximum atomic E-state index is 13.1. The lowest BCUT2D eigenvalue weighted by Gasteiger charge is -2.23. The number of fused-ring (bicyclic) bond motifs is 1. The van der Waals surface area contributed by atoms with E-state index < -0.39 is 17.7 Å². The van der Waals surface area contributed by atoms with E-state index in [9.17, 15) is 14.7 Å². The van der Waals surface area contributed by atoms with Gasteiger partial charge in [-0.15, -0.1) is 0 Å². The molecule has 0 saturated carbocycles. The number of aromatic nitrogens is 1. The number of aliphatic hydroxyl groups is 1. The third-order valence-corrected chi connectivity index (χ3v) is 6.69. The fraction of sp³-hybridized carbons (Fsp3) is 0.154. The predicted molar refractivity (Wildman–Crippen MR) is 130 cm³/mol. The van der Waals surface area contributed by atoms with Crippen LogP contribution in [0.3, 0.4) is 0 Å². The van der Waals surface area contributed by atoms with Gasteiger partial charge in [-0.3, -0.25) is 9.59 Å². The Labute approximate surface area is 203 Å². The van der Waals surface area contributed by atoms with Crippen LogP contribution in [-0.2, 0) is 16.0 Å². The zero-order valence-electron chi connectivity index (χ0n) is 18.2. The molecule has 0 aliphatic carbocycles. The number of halogens is 1. The monoisotopic (exact) mass is 520 g/mol. The largest absolute Gasteiger partial charge is 0.507 e. The molecule has 0 spiro atoms. The van der Waals surface area contributed by atoms with Crippen LogP contribution in [0.25, 0.3) is 16.7 Å². The summed E-state index contributed by atoms with van der Waals surface area (Å²) in [7, 11) is 1.54. The van der Waals surface area contributed by atoms with Gasteiger partial charge in [-0.1, -0.05) is 18.2 Å². The molecule has 5 rings (SSSR count). The van der Waals surface area contributed by atoms with Crippen LogP contribution in [0.15, 0.2) is 81.5 Å². The van der Waals surface area contributed by atoms with E-state index in [-0.39, 0.29) is 17.9 Å². The number of aliphatic hydroxyl groups excluding tert-OH is 1. The summed E-state index contributed by atoms with van der Waals surface area (Å²) in [5, 5.41) is 12.2. The van der Waals surface area contributed by atoms with Crippen molar-refractivity contribution in [2.75, 3.05) is 13.7 Å². The number of ketones is 1. The Hall–Kier alpha value is -3.78. The van der Waals surface area contributed by atoms with Crippen LogP contribution in [0.1, 0.15) is 22.9 Å². The Bertz CT molecular complexity index is 1420. The van der Waals surface area contributed by atoms with Crippen LogP contribution in [0.4, 0.5) is 0 Å². The topological polar surface area (TPSA) is 95.8 Å². The number of likely N-dealkylation sites (tertiary alicyclic amines) is 1. The Morgan fingerprint density at radius 2 is 2.00 bits per heavy atom. The molecule has 0 bridgehead atoms. The summed E-state index contributed by atoms with van der Waals surface area (Å²) in [5.74, 6) is -0.691. The number of hydrogen-bond acceptors (Lipinski definition) is 5. The predicted octanol–water partition coefficient (Wildman–Crippen LogP) is 5.20. The first-order chi connectivity index (χ1) is 16.5. The highest BCUT2D eigenvalue weighted by Gasteiger charge is 2.47. The summed E-state index contributed by atoms with van der Waals surface area (Å²) in [6.07, 6.45) is 3.93. The number of amides is 1. The lowest BCUT2D eigenvalue weighted by atomic mass is 9.99. The van der Waals surface area contributed by atoms with E-state index in [1.807, 2.05) is 30.5 Å². The summed E-state index contributed by atoms with van der Waals surface area (Å²) >= 11 is 3.40. The molecule has 1 aliphatic rings. The minimum Gasteiger partial charge on any atom is -0.507 e. The summed E-state index contributed by atoms with van der Waals surface area (Å²) < 4.78 is 11.5. The zero-order valence-corrected chi connectivity index (χ0v) is 19.8. The normalized spacial score (nSPS) is 17.6. The number of carbonyl (C=O) groups is 2. The molecule has 1 atom stereocenters. The molecule has 1 aliphatic heterocycles. The molecule has 1 amide bonds. The molecule has 0 radical (unpaired) electrons. The number of furan rings is 1. The lowest BCUT2D eigenvalue weighted by molar-refractivity contribution is -0.140. The van der Waals surface area contributed by atoms with E-state index in [4.69, 9.17) is 9.15 Å². The van der Waals surface area contributed by atoms with Crippen LogP contribution >= 0.6 is 15.9 Å². The maximum absolute atomic E-state index is 13.1. The quantitative estimate of drug-likeness (QED) is 0.207. The van der Waals surface area contributed by atoms with Gasteiger partial charge in [0.05, 0.1) is 23.4 Å². The van der Waals surface area contributed by atoms with Crippen LogP contribution < -0.4 is 4.74 Å². The summed E-state index contributed by atoms with van der Waals surface area (Å²) in [6.45, 7) is 0.279. The van der Waals surface area contributed by atoms with Crippen LogP contribution in [0, 0.1) is 0 Å². The molecule has 1 unspecified atom stereocenters. The van der Waals surface area contributed by atoms with Crippen molar-refractivity contribution in [3.63, 3.8) is 0 Å². The van der Waals surface area contributed by atoms with Gasteiger partial charge in [-0.05, 0) is 64.3 Å². The molecule has 1 saturated heterocycles. The number of rotatable bonds is 6. The van der Waals surface area contributed by atoms with Crippen molar-refractivity contribution in [2.24, 2.45) is 0 Å². The molecule has 8 heteroatoms. The number of para-hydroxylation sites is 1. The van der Waals surface area contributed by atoms with Gasteiger partial charge in [0.25, 0.3) is 11.7 Å². The fourth-order valence-electron chi connectivity index (χ4n) is 4.40. The number of benzene rings is 2. The van der Waals surface area contributed by atoms with E-state index in [1.165, 1.54) is 18.3 Å². The van der Waals surface area contributed by atoms with Gasteiger partial charge in [0, 0.05) is 29.2 Å². The number of hydrogen-bond donors (Lipinski definition) is 2. The molecule has 172 valence electrons. The van der Waals surface area contributed by atoms with Crippen LogP contribution in [-0.4, -0.2) is 40.3 Å². The first kappa shape index (κ1) is 22.0.